The second-order valence-electron chi connectivity index (χ2n) is 12.6. The summed E-state index contributed by atoms with van der Waals surface area (Å²) in [4.78, 5) is 20.5. The summed E-state index contributed by atoms with van der Waals surface area (Å²) in [6.07, 6.45) is 4.31. The van der Waals surface area contributed by atoms with Crippen LogP contribution in [0.4, 0.5) is 0 Å². The number of hydrogen-bond donors (Lipinski definition) is 0. The fourth-order valence-corrected chi connectivity index (χ4v) is 7.09. The molecule has 1 aliphatic carbocycles. The number of hydrogen-bond acceptors (Lipinski definition) is 5. The first-order valence-electron chi connectivity index (χ1n) is 14.1. The van der Waals surface area contributed by atoms with Crippen LogP contribution in [0, 0.1) is 24.2 Å². The molecular formula is C31H46N2O3Si. The fraction of sp³-hybridized carbons (Fsp3) is 0.613. The van der Waals surface area contributed by atoms with Crippen molar-refractivity contribution in [3.8, 4) is 5.88 Å². The number of aryl methyl sites for hydroxylation is 2. The Morgan fingerprint density at radius 1 is 1.14 bits per heavy atom. The molecule has 5 nitrogen and oxygen atoms in total. The van der Waals surface area contributed by atoms with E-state index < -0.39 is 9.04 Å². The molecule has 1 aliphatic heterocycles. The highest BCUT2D eigenvalue weighted by molar-refractivity contribution is 6.49. The number of likely N-dealkylation sites (tertiary alicyclic amines) is 1. The van der Waals surface area contributed by atoms with Gasteiger partial charge in [0, 0.05) is 19.0 Å². The van der Waals surface area contributed by atoms with Gasteiger partial charge in [0.25, 0.3) is 0 Å². The van der Waals surface area contributed by atoms with Crippen LogP contribution >= 0.6 is 0 Å². The van der Waals surface area contributed by atoms with Crippen LogP contribution in [0.3, 0.4) is 0 Å². The number of aromatic nitrogens is 1. The van der Waals surface area contributed by atoms with Crippen LogP contribution in [0.5, 0.6) is 5.88 Å². The Balaban J connectivity index is 1.52. The van der Waals surface area contributed by atoms with Crippen LogP contribution in [0.1, 0.15) is 74.3 Å². The Labute approximate surface area is 225 Å². The summed E-state index contributed by atoms with van der Waals surface area (Å²) in [6.45, 7) is 16.4. The minimum Gasteiger partial charge on any atom is -0.534 e. The van der Waals surface area contributed by atoms with Gasteiger partial charge in [0.15, 0.2) is 5.88 Å². The molecule has 0 N–H and O–H groups in total. The maximum absolute atomic E-state index is 12.9. The minimum absolute atomic E-state index is 0.0794. The maximum atomic E-state index is 12.9. The van der Waals surface area contributed by atoms with E-state index in [-0.39, 0.29) is 23.2 Å². The number of fused-ring (bicyclic) bond motifs is 1. The quantitative estimate of drug-likeness (QED) is 0.260. The van der Waals surface area contributed by atoms with Gasteiger partial charge in [-0.05, 0) is 92.3 Å². The molecule has 0 spiro atoms. The van der Waals surface area contributed by atoms with E-state index in [1.807, 2.05) is 0 Å². The van der Waals surface area contributed by atoms with Gasteiger partial charge in [0.1, 0.15) is 0 Å². The molecule has 202 valence electrons. The van der Waals surface area contributed by atoms with Crippen molar-refractivity contribution < 1.29 is 14.0 Å². The van der Waals surface area contributed by atoms with Gasteiger partial charge in [-0.25, -0.2) is 4.98 Å². The molecule has 2 unspecified atom stereocenters. The van der Waals surface area contributed by atoms with Crippen LogP contribution < -0.4 is 4.43 Å². The monoisotopic (exact) mass is 522 g/mol. The predicted octanol–water partition coefficient (Wildman–Crippen LogP) is 6.11. The number of esters is 1. The first-order chi connectivity index (χ1) is 17.6. The molecule has 4 rings (SSSR count). The van der Waals surface area contributed by atoms with Crippen molar-refractivity contribution in [1.29, 1.82) is 0 Å². The molecule has 0 bridgehead atoms. The Hall–Kier alpha value is -2.18. The van der Waals surface area contributed by atoms with Crippen molar-refractivity contribution in [3.05, 3.63) is 58.8 Å². The van der Waals surface area contributed by atoms with Crippen molar-refractivity contribution in [2.45, 2.75) is 78.3 Å². The largest absolute Gasteiger partial charge is 0.534 e. The molecule has 2 heterocycles. The van der Waals surface area contributed by atoms with Gasteiger partial charge < -0.3 is 14.1 Å². The smallest absolute Gasteiger partial charge is 0.310 e. The number of piperidine rings is 1. The van der Waals surface area contributed by atoms with Crippen LogP contribution in [0.25, 0.3) is 0 Å². The number of methoxy groups -OCH3 is 1. The van der Waals surface area contributed by atoms with E-state index in [0.717, 1.165) is 51.2 Å². The van der Waals surface area contributed by atoms with Gasteiger partial charge in [0.2, 0.25) is 9.04 Å². The number of nitrogens with zero attached hydrogens (tertiary/aromatic N) is 2. The molecule has 0 radical (unpaired) electrons. The lowest BCUT2D eigenvalue weighted by atomic mass is 9.73. The second kappa shape index (κ2) is 11.7. The highest BCUT2D eigenvalue weighted by atomic mass is 28.3. The summed E-state index contributed by atoms with van der Waals surface area (Å²) in [5.41, 5.74) is 5.30. The molecule has 0 saturated carbocycles. The highest BCUT2D eigenvalue weighted by Gasteiger charge is 2.39. The Morgan fingerprint density at radius 2 is 1.89 bits per heavy atom. The fourth-order valence-electron chi connectivity index (χ4n) is 6.47. The van der Waals surface area contributed by atoms with E-state index in [2.05, 4.69) is 82.1 Å². The van der Waals surface area contributed by atoms with E-state index in [9.17, 15) is 4.79 Å². The molecule has 2 aromatic rings. The molecule has 2 aliphatic rings. The molecule has 6 heteroatoms. The molecule has 1 saturated heterocycles. The first kappa shape index (κ1) is 27.8. The molecule has 1 fully saturated rings. The summed E-state index contributed by atoms with van der Waals surface area (Å²) in [5, 5.41) is 0. The van der Waals surface area contributed by atoms with E-state index in [1.54, 1.807) is 0 Å². The third-order valence-corrected chi connectivity index (χ3v) is 9.13. The van der Waals surface area contributed by atoms with Crippen molar-refractivity contribution in [1.82, 2.24) is 9.88 Å². The predicted molar refractivity (Wildman–Crippen MR) is 153 cm³/mol. The van der Waals surface area contributed by atoms with Crippen molar-refractivity contribution >= 4 is 15.0 Å². The summed E-state index contributed by atoms with van der Waals surface area (Å²) < 4.78 is 11.4. The van der Waals surface area contributed by atoms with Crippen molar-refractivity contribution in [2.75, 3.05) is 26.7 Å². The Kier molecular flexibility index (Phi) is 8.80. The van der Waals surface area contributed by atoms with Crippen LogP contribution in [-0.4, -0.2) is 51.6 Å². The third kappa shape index (κ3) is 6.64. The number of carbonyl (C=O) groups is 1. The number of ether oxygens (including phenoxy) is 1. The third-order valence-electron chi connectivity index (χ3n) is 8.41. The van der Waals surface area contributed by atoms with E-state index in [1.165, 1.54) is 29.5 Å². The molecule has 37 heavy (non-hydrogen) atoms. The average molecular weight is 523 g/mol. The molecule has 4 atom stereocenters. The summed E-state index contributed by atoms with van der Waals surface area (Å²) in [6, 6.07) is 12.8. The lowest BCUT2D eigenvalue weighted by molar-refractivity contribution is -0.148. The van der Waals surface area contributed by atoms with Gasteiger partial charge >= 0.3 is 5.97 Å². The first-order valence-corrected chi connectivity index (χ1v) is 16.9. The summed E-state index contributed by atoms with van der Waals surface area (Å²) in [7, 11) is 0.324. The zero-order chi connectivity index (χ0) is 26.7. The lowest BCUT2D eigenvalue weighted by Gasteiger charge is -2.40. The van der Waals surface area contributed by atoms with Crippen molar-refractivity contribution in [2.24, 2.45) is 17.3 Å². The number of rotatable bonds is 6. The second-order valence-corrected chi connectivity index (χ2v) is 14.9. The zero-order valence-corrected chi connectivity index (χ0v) is 25.1. The van der Waals surface area contributed by atoms with Gasteiger partial charge in [-0.3, -0.25) is 4.79 Å². The Bertz CT molecular complexity index is 1080. The van der Waals surface area contributed by atoms with E-state index in [0.29, 0.717) is 11.8 Å². The topological polar surface area (TPSA) is 51.7 Å². The summed E-state index contributed by atoms with van der Waals surface area (Å²) >= 11 is 0. The standard InChI is InChI=1S/C31H46N2O3Si/c1-21-10-8-9-11-24(21)25-16-17-33(20-26(25)30(34)35-5)19-22-12-13-23-14-15-28(36-37(6)7)32-29(23)27(18-22)31(2,3)4/h8-11,14-15,22,25-27,37H,12-13,16-20H2,1-7H3/t22-,25?,26?,27-/m1/s1. The van der Waals surface area contributed by atoms with Crippen LogP contribution in [0.15, 0.2) is 36.4 Å². The number of pyridine rings is 1. The number of carbonyl (C=O) groups excluding carboxylic acids is 1. The van der Waals surface area contributed by atoms with Crippen LogP contribution in [-0.2, 0) is 16.0 Å². The molecular weight excluding hydrogens is 476 g/mol. The SMILES string of the molecule is COC(=O)C1CN(C[C@@H]2CCc3ccc(O[SiH](C)C)nc3[C@H](C(C)(C)C)C2)CCC1c1ccccc1C. The normalized spacial score (nSPS) is 24.9. The maximum Gasteiger partial charge on any atom is 0.310 e. The van der Waals surface area contributed by atoms with E-state index in [4.69, 9.17) is 14.1 Å². The van der Waals surface area contributed by atoms with Gasteiger partial charge in [-0.15, -0.1) is 0 Å². The molecule has 1 aromatic carbocycles. The van der Waals surface area contributed by atoms with Gasteiger partial charge in [0.05, 0.1) is 18.7 Å². The van der Waals surface area contributed by atoms with Crippen molar-refractivity contribution in [3.63, 3.8) is 0 Å². The molecule has 1 aromatic heterocycles. The minimum atomic E-state index is -1.20. The van der Waals surface area contributed by atoms with Crippen LogP contribution in [0.2, 0.25) is 13.1 Å². The van der Waals surface area contributed by atoms with Gasteiger partial charge in [-0.2, -0.15) is 0 Å². The van der Waals surface area contributed by atoms with E-state index >= 15 is 0 Å². The zero-order valence-electron chi connectivity index (χ0n) is 23.9. The highest BCUT2D eigenvalue weighted by Crippen LogP contribution is 2.45. The average Bonchev–Trinajstić information content (AvgIpc) is 3.03. The number of benzene rings is 1. The Morgan fingerprint density at radius 3 is 2.57 bits per heavy atom. The summed E-state index contributed by atoms with van der Waals surface area (Å²) in [5.74, 6) is 1.76. The molecule has 0 amide bonds. The van der Waals surface area contributed by atoms with Gasteiger partial charge in [-0.1, -0.05) is 51.1 Å². The lowest BCUT2D eigenvalue weighted by Crippen LogP contribution is -2.45.